The molecule has 8 aromatic rings. The number of aryl methyl sites for hydroxylation is 2. The van der Waals surface area contributed by atoms with Gasteiger partial charge in [0.1, 0.15) is 24.0 Å². The van der Waals surface area contributed by atoms with Crippen LogP contribution >= 0.6 is 0 Å². The van der Waals surface area contributed by atoms with Gasteiger partial charge in [0.2, 0.25) is 0 Å². The first-order chi connectivity index (χ1) is 30.6. The smallest absolute Gasteiger partial charge is 0.137 e. The van der Waals surface area contributed by atoms with Crippen LogP contribution in [-0.4, -0.2) is 16.2 Å². The zero-order valence-corrected chi connectivity index (χ0v) is 41.1. The number of rotatable bonds is 6. The molecule has 0 N–H and O–H groups in total. The molecule has 5 nitrogen and oxygen atoms in total. The van der Waals surface area contributed by atoms with E-state index in [0.29, 0.717) is 6.67 Å². The van der Waals surface area contributed by atoms with Crippen LogP contribution < -0.4 is 14.5 Å². The average Bonchev–Trinajstić information content (AvgIpc) is 3.78. The molecule has 65 heavy (non-hydrogen) atoms. The summed E-state index contributed by atoms with van der Waals surface area (Å²) in [5.74, 6) is 2.46. The minimum absolute atomic E-state index is 0.00517. The lowest BCUT2D eigenvalue weighted by Crippen LogP contribution is -2.30. The van der Waals surface area contributed by atoms with Gasteiger partial charge in [-0.2, -0.15) is 0 Å². The molecule has 0 aliphatic carbocycles. The van der Waals surface area contributed by atoms with Crippen molar-refractivity contribution >= 4 is 44.6 Å². The summed E-state index contributed by atoms with van der Waals surface area (Å²) in [6.45, 7) is 33.1. The molecule has 6 aromatic carbocycles. The Bertz CT molecular complexity index is 3060. The predicted molar refractivity (Wildman–Crippen MR) is 277 cm³/mol. The first-order valence-electron chi connectivity index (χ1n) is 23.3. The van der Waals surface area contributed by atoms with Gasteiger partial charge in [-0.3, -0.25) is 4.57 Å². The van der Waals surface area contributed by atoms with E-state index in [2.05, 4.69) is 239 Å². The third-order valence-electron chi connectivity index (χ3n) is 13.3. The van der Waals surface area contributed by atoms with Crippen LogP contribution in [-0.2, 0) is 21.7 Å². The maximum absolute atomic E-state index is 6.80. The fourth-order valence-electron chi connectivity index (χ4n) is 9.81. The van der Waals surface area contributed by atoms with Crippen LogP contribution in [0.4, 0.5) is 22.7 Å². The summed E-state index contributed by atoms with van der Waals surface area (Å²) in [6.07, 6.45) is 1.93. The fraction of sp³-hybridized carbons (Fsp3) is 0.317. The van der Waals surface area contributed by atoms with Gasteiger partial charge in [0.25, 0.3) is 0 Å². The van der Waals surface area contributed by atoms with Crippen molar-refractivity contribution in [3.05, 3.63) is 167 Å². The summed E-state index contributed by atoms with van der Waals surface area (Å²) in [7, 11) is 0. The lowest BCUT2D eigenvalue weighted by atomic mass is 9.75. The number of nitrogens with zero attached hydrogens (tertiary/aromatic N) is 4. The standard InChI is InChI=1S/C60H66N4O/c1-38-30-42(58(6,7)8)31-39(2)55(38)40-32-48(59(9,10)11)56(49(33-40)60(12,13)14)63-37-62(51-24-17-18-25-52(51)63)43-20-19-21-44(35-43)65-45-26-27-47-46-22-15-16-23-50(46)64(53(47)36-45)54-34-41(28-29-61-54)57(3,4)5/h15-36H,37H2,1-14H3. The van der Waals surface area contributed by atoms with E-state index in [0.717, 1.165) is 34.0 Å². The van der Waals surface area contributed by atoms with Gasteiger partial charge in [0, 0.05) is 34.8 Å². The molecule has 0 unspecified atom stereocenters. The number of aromatic nitrogens is 2. The molecular formula is C60H66N4O. The minimum Gasteiger partial charge on any atom is -0.457 e. The van der Waals surface area contributed by atoms with Crippen LogP contribution in [0.15, 0.2) is 134 Å². The molecule has 0 saturated heterocycles. The molecule has 0 fully saturated rings. The number of fused-ring (bicyclic) bond motifs is 4. The maximum Gasteiger partial charge on any atom is 0.137 e. The number of hydrogen-bond donors (Lipinski definition) is 0. The summed E-state index contributed by atoms with van der Waals surface area (Å²) < 4.78 is 9.08. The number of benzene rings is 6. The molecule has 0 atom stereocenters. The lowest BCUT2D eigenvalue weighted by molar-refractivity contribution is 0.483. The third-order valence-corrected chi connectivity index (χ3v) is 13.3. The SMILES string of the molecule is Cc1cc(C(C)(C)C)cc(C)c1-c1cc(C(C)(C)C)c(N2CN(c3cccc(Oc4ccc5c6ccccc6n(-c6cc(C(C)(C)C)ccn6)c5c4)c3)c3ccccc32)c(C(C)(C)C)c1. The van der Waals surface area contributed by atoms with Crippen LogP contribution in [0.25, 0.3) is 38.8 Å². The topological polar surface area (TPSA) is 33.5 Å². The molecule has 0 amide bonds. The monoisotopic (exact) mass is 859 g/mol. The van der Waals surface area contributed by atoms with Crippen molar-refractivity contribution < 1.29 is 4.74 Å². The summed E-state index contributed by atoms with van der Waals surface area (Å²) in [5, 5.41) is 2.36. The molecule has 3 heterocycles. The summed E-state index contributed by atoms with van der Waals surface area (Å²) in [5.41, 5.74) is 17.3. The van der Waals surface area contributed by atoms with Crippen LogP contribution in [0.5, 0.6) is 11.5 Å². The Kier molecular flexibility index (Phi) is 10.6. The second-order valence-corrected chi connectivity index (χ2v) is 22.4. The molecule has 0 saturated carbocycles. The Morgan fingerprint density at radius 2 is 1.08 bits per heavy atom. The van der Waals surface area contributed by atoms with Gasteiger partial charge in [0.15, 0.2) is 0 Å². The Morgan fingerprint density at radius 3 is 1.71 bits per heavy atom. The van der Waals surface area contributed by atoms with E-state index >= 15 is 0 Å². The molecule has 0 radical (unpaired) electrons. The Hall–Kier alpha value is -6.33. The van der Waals surface area contributed by atoms with Crippen LogP contribution in [0.3, 0.4) is 0 Å². The average molecular weight is 859 g/mol. The quantitative estimate of drug-likeness (QED) is 0.167. The minimum atomic E-state index is -0.132. The van der Waals surface area contributed by atoms with Gasteiger partial charge in [0.05, 0.1) is 28.1 Å². The zero-order valence-electron chi connectivity index (χ0n) is 41.1. The number of hydrogen-bond acceptors (Lipinski definition) is 4. The fourth-order valence-corrected chi connectivity index (χ4v) is 9.81. The number of para-hydroxylation sites is 3. The van der Waals surface area contributed by atoms with Crippen molar-refractivity contribution in [3.63, 3.8) is 0 Å². The van der Waals surface area contributed by atoms with E-state index in [-0.39, 0.29) is 21.7 Å². The van der Waals surface area contributed by atoms with E-state index in [1.807, 2.05) is 6.20 Å². The highest BCUT2D eigenvalue weighted by molar-refractivity contribution is 6.09. The van der Waals surface area contributed by atoms with Crippen molar-refractivity contribution in [1.29, 1.82) is 0 Å². The Labute approximate surface area is 387 Å². The molecule has 332 valence electrons. The van der Waals surface area contributed by atoms with Crippen molar-refractivity contribution in [2.75, 3.05) is 16.5 Å². The molecule has 1 aliphatic rings. The second-order valence-electron chi connectivity index (χ2n) is 22.4. The number of ether oxygens (including phenoxy) is 1. The van der Waals surface area contributed by atoms with Crippen molar-refractivity contribution in [2.24, 2.45) is 0 Å². The van der Waals surface area contributed by atoms with Gasteiger partial charge in [-0.1, -0.05) is 132 Å². The molecule has 5 heteroatoms. The first kappa shape index (κ1) is 43.9. The van der Waals surface area contributed by atoms with E-state index in [4.69, 9.17) is 9.72 Å². The lowest BCUT2D eigenvalue weighted by Gasteiger charge is -2.36. The highest BCUT2D eigenvalue weighted by atomic mass is 16.5. The van der Waals surface area contributed by atoms with Gasteiger partial charge >= 0.3 is 0 Å². The van der Waals surface area contributed by atoms with Gasteiger partial charge < -0.3 is 14.5 Å². The van der Waals surface area contributed by atoms with Crippen LogP contribution in [0.2, 0.25) is 0 Å². The molecule has 0 bridgehead atoms. The van der Waals surface area contributed by atoms with Gasteiger partial charge in [-0.05, 0) is 147 Å². The zero-order chi connectivity index (χ0) is 46.4. The van der Waals surface area contributed by atoms with Gasteiger partial charge in [-0.25, -0.2) is 4.98 Å². The molecule has 1 aliphatic heterocycles. The van der Waals surface area contributed by atoms with E-state index < -0.39 is 0 Å². The van der Waals surface area contributed by atoms with Crippen molar-refractivity contribution in [3.8, 4) is 28.4 Å². The second kappa shape index (κ2) is 15.7. The normalized spacial score (nSPS) is 13.6. The number of pyridine rings is 1. The highest BCUT2D eigenvalue weighted by Gasteiger charge is 2.36. The van der Waals surface area contributed by atoms with Gasteiger partial charge in [-0.15, -0.1) is 0 Å². The van der Waals surface area contributed by atoms with E-state index in [1.54, 1.807) is 0 Å². The van der Waals surface area contributed by atoms with E-state index in [1.165, 1.54) is 72.3 Å². The number of anilines is 4. The highest BCUT2D eigenvalue weighted by Crippen LogP contribution is 2.52. The third kappa shape index (κ3) is 8.09. The van der Waals surface area contributed by atoms with Crippen LogP contribution in [0.1, 0.15) is 116 Å². The van der Waals surface area contributed by atoms with E-state index in [9.17, 15) is 0 Å². The predicted octanol–water partition coefficient (Wildman–Crippen LogP) is 16.7. The molecule has 2 aromatic heterocycles. The van der Waals surface area contributed by atoms with Crippen molar-refractivity contribution in [2.45, 2.75) is 119 Å². The maximum atomic E-state index is 6.80. The molecule has 0 spiro atoms. The van der Waals surface area contributed by atoms with Crippen LogP contribution in [0, 0.1) is 13.8 Å². The summed E-state index contributed by atoms with van der Waals surface area (Å²) in [6, 6.07) is 46.5. The Balaban J connectivity index is 1.11. The Morgan fingerprint density at radius 1 is 0.492 bits per heavy atom. The van der Waals surface area contributed by atoms with Crippen molar-refractivity contribution in [1.82, 2.24) is 9.55 Å². The summed E-state index contributed by atoms with van der Waals surface area (Å²) in [4.78, 5) is 9.89. The first-order valence-corrected chi connectivity index (χ1v) is 23.3. The molecule has 9 rings (SSSR count). The largest absolute Gasteiger partial charge is 0.457 e. The molecular weight excluding hydrogens is 793 g/mol. The summed E-state index contributed by atoms with van der Waals surface area (Å²) >= 11 is 0.